The molecule has 0 aliphatic carbocycles. The van der Waals surface area contributed by atoms with Gasteiger partial charge in [0.25, 0.3) is 0 Å². The van der Waals surface area contributed by atoms with Crippen molar-refractivity contribution in [2.75, 3.05) is 26.4 Å². The van der Waals surface area contributed by atoms with Crippen LogP contribution in [0.1, 0.15) is 0 Å². The Morgan fingerprint density at radius 2 is 2.12 bits per heavy atom. The second-order valence-corrected chi connectivity index (χ2v) is 3.97. The van der Waals surface area contributed by atoms with Crippen molar-refractivity contribution in [3.05, 3.63) is 32.8 Å². The molecule has 7 heteroatoms. The highest BCUT2D eigenvalue weighted by Gasteiger charge is 2.15. The minimum atomic E-state index is -0.505. The minimum absolute atomic E-state index is 0.0571. The van der Waals surface area contributed by atoms with Crippen molar-refractivity contribution < 1.29 is 19.5 Å². The Balaban J connectivity index is 2.55. The fourth-order valence-corrected chi connectivity index (χ4v) is 1.48. The number of halogens is 1. The number of ether oxygens (including phenoxy) is 2. The van der Waals surface area contributed by atoms with Gasteiger partial charge in [-0.15, -0.1) is 0 Å². The Labute approximate surface area is 106 Å². The van der Waals surface area contributed by atoms with Crippen LogP contribution in [0, 0.1) is 10.1 Å². The van der Waals surface area contributed by atoms with Crippen molar-refractivity contribution in [3.63, 3.8) is 0 Å². The van der Waals surface area contributed by atoms with E-state index < -0.39 is 4.92 Å². The van der Waals surface area contributed by atoms with E-state index in [1.54, 1.807) is 6.07 Å². The van der Waals surface area contributed by atoms with E-state index in [1.807, 2.05) is 0 Å². The number of hydrogen-bond acceptors (Lipinski definition) is 5. The molecule has 1 N–H and O–H groups in total. The van der Waals surface area contributed by atoms with Crippen LogP contribution in [0.5, 0.6) is 5.75 Å². The molecule has 0 saturated heterocycles. The monoisotopic (exact) mass is 305 g/mol. The van der Waals surface area contributed by atoms with Gasteiger partial charge in [0.15, 0.2) is 5.75 Å². The van der Waals surface area contributed by atoms with Crippen LogP contribution in [0.15, 0.2) is 22.7 Å². The molecule has 0 aromatic heterocycles. The third kappa shape index (κ3) is 4.68. The molecule has 1 aromatic carbocycles. The average molecular weight is 306 g/mol. The second kappa shape index (κ2) is 7.21. The first-order chi connectivity index (χ1) is 8.15. The van der Waals surface area contributed by atoms with Gasteiger partial charge < -0.3 is 14.6 Å². The number of rotatable bonds is 7. The highest BCUT2D eigenvalue weighted by atomic mass is 79.9. The molecule has 6 nitrogen and oxygen atoms in total. The van der Waals surface area contributed by atoms with Crippen LogP contribution >= 0.6 is 15.9 Å². The fourth-order valence-electron chi connectivity index (χ4n) is 1.13. The SMILES string of the molecule is O=[N+]([O-])c1cc(Br)ccc1OCCOCCO. The molecule has 0 bridgehead atoms. The van der Waals surface area contributed by atoms with Crippen LogP contribution in [0.3, 0.4) is 0 Å². The molecule has 1 aromatic rings. The molecule has 0 aliphatic rings. The van der Waals surface area contributed by atoms with Gasteiger partial charge in [-0.3, -0.25) is 10.1 Å². The summed E-state index contributed by atoms with van der Waals surface area (Å²) >= 11 is 3.15. The van der Waals surface area contributed by atoms with Gasteiger partial charge in [-0.1, -0.05) is 15.9 Å². The molecule has 0 unspecified atom stereocenters. The summed E-state index contributed by atoms with van der Waals surface area (Å²) in [6.45, 7) is 0.639. The number of benzene rings is 1. The largest absolute Gasteiger partial charge is 0.484 e. The van der Waals surface area contributed by atoms with Gasteiger partial charge in [0, 0.05) is 10.5 Å². The zero-order valence-electron chi connectivity index (χ0n) is 8.97. The molecule has 17 heavy (non-hydrogen) atoms. The van der Waals surface area contributed by atoms with Crippen molar-refractivity contribution >= 4 is 21.6 Å². The molecular weight excluding hydrogens is 294 g/mol. The van der Waals surface area contributed by atoms with Crippen molar-refractivity contribution in [1.29, 1.82) is 0 Å². The Hall–Kier alpha value is -1.18. The van der Waals surface area contributed by atoms with E-state index in [0.717, 1.165) is 0 Å². The van der Waals surface area contributed by atoms with E-state index in [4.69, 9.17) is 14.6 Å². The van der Waals surface area contributed by atoms with E-state index in [2.05, 4.69) is 15.9 Å². The van der Waals surface area contributed by atoms with E-state index in [9.17, 15) is 10.1 Å². The normalized spacial score (nSPS) is 10.2. The molecule has 0 saturated carbocycles. The number of aliphatic hydroxyl groups is 1. The number of hydrogen-bond donors (Lipinski definition) is 1. The predicted octanol–water partition coefficient (Wildman–Crippen LogP) is 1.74. The number of nitrogens with zero attached hydrogens (tertiary/aromatic N) is 1. The van der Waals surface area contributed by atoms with Crippen LogP contribution in [0.2, 0.25) is 0 Å². The lowest BCUT2D eigenvalue weighted by atomic mass is 10.3. The van der Waals surface area contributed by atoms with Gasteiger partial charge in [0.2, 0.25) is 0 Å². The van der Waals surface area contributed by atoms with E-state index in [1.165, 1.54) is 12.1 Å². The first kappa shape index (κ1) is 13.9. The predicted molar refractivity (Wildman–Crippen MR) is 64.2 cm³/mol. The Kier molecular flexibility index (Phi) is 5.88. The fraction of sp³-hybridized carbons (Fsp3) is 0.400. The average Bonchev–Trinajstić information content (AvgIpc) is 2.30. The highest BCUT2D eigenvalue weighted by Crippen LogP contribution is 2.29. The number of nitro benzene ring substituents is 1. The van der Waals surface area contributed by atoms with E-state index in [-0.39, 0.29) is 37.9 Å². The van der Waals surface area contributed by atoms with Gasteiger partial charge in [-0.25, -0.2) is 0 Å². The van der Waals surface area contributed by atoms with Crippen LogP contribution in [0.4, 0.5) is 5.69 Å². The Bertz CT molecular complexity index is 385. The Morgan fingerprint density at radius 1 is 1.35 bits per heavy atom. The summed E-state index contributed by atoms with van der Waals surface area (Å²) in [5, 5.41) is 19.2. The highest BCUT2D eigenvalue weighted by molar-refractivity contribution is 9.10. The van der Waals surface area contributed by atoms with Gasteiger partial charge in [0.05, 0.1) is 24.7 Å². The lowest BCUT2D eigenvalue weighted by molar-refractivity contribution is -0.386. The second-order valence-electron chi connectivity index (χ2n) is 3.05. The number of nitro groups is 1. The molecular formula is C10H12BrNO5. The first-order valence-corrected chi connectivity index (χ1v) is 5.70. The number of aliphatic hydroxyl groups excluding tert-OH is 1. The summed E-state index contributed by atoms with van der Waals surface area (Å²) in [5.41, 5.74) is -0.0958. The molecule has 0 spiro atoms. The Morgan fingerprint density at radius 3 is 2.76 bits per heavy atom. The van der Waals surface area contributed by atoms with Gasteiger partial charge in [0.1, 0.15) is 6.61 Å². The van der Waals surface area contributed by atoms with Crippen LogP contribution in [-0.2, 0) is 4.74 Å². The van der Waals surface area contributed by atoms with Crippen molar-refractivity contribution in [3.8, 4) is 5.75 Å². The standard InChI is InChI=1S/C10H12BrNO5/c11-8-1-2-10(9(7-8)12(14)15)17-6-5-16-4-3-13/h1-2,7,13H,3-6H2. The molecule has 1 rings (SSSR count). The zero-order chi connectivity index (χ0) is 12.7. The van der Waals surface area contributed by atoms with Gasteiger partial charge >= 0.3 is 5.69 Å². The maximum absolute atomic E-state index is 10.7. The molecule has 0 atom stereocenters. The van der Waals surface area contributed by atoms with Gasteiger partial charge in [-0.05, 0) is 12.1 Å². The molecule has 0 radical (unpaired) electrons. The lowest BCUT2D eigenvalue weighted by Crippen LogP contribution is -2.09. The van der Waals surface area contributed by atoms with Gasteiger partial charge in [-0.2, -0.15) is 0 Å². The molecule has 0 aliphatic heterocycles. The summed E-state index contributed by atoms with van der Waals surface area (Å²) in [4.78, 5) is 10.2. The maximum Gasteiger partial charge on any atom is 0.312 e. The third-order valence-corrected chi connectivity index (χ3v) is 2.33. The lowest BCUT2D eigenvalue weighted by Gasteiger charge is -2.07. The quantitative estimate of drug-likeness (QED) is 0.471. The third-order valence-electron chi connectivity index (χ3n) is 1.84. The maximum atomic E-state index is 10.7. The van der Waals surface area contributed by atoms with Crippen LogP contribution in [0.25, 0.3) is 0 Å². The zero-order valence-corrected chi connectivity index (χ0v) is 10.6. The molecule has 0 amide bonds. The molecule has 94 valence electrons. The summed E-state index contributed by atoms with van der Waals surface area (Å²) in [6, 6.07) is 4.56. The van der Waals surface area contributed by atoms with E-state index >= 15 is 0 Å². The molecule has 0 fully saturated rings. The minimum Gasteiger partial charge on any atom is -0.484 e. The van der Waals surface area contributed by atoms with Crippen molar-refractivity contribution in [2.24, 2.45) is 0 Å². The van der Waals surface area contributed by atoms with Crippen molar-refractivity contribution in [2.45, 2.75) is 0 Å². The summed E-state index contributed by atoms with van der Waals surface area (Å²) in [7, 11) is 0. The smallest absolute Gasteiger partial charge is 0.312 e. The first-order valence-electron chi connectivity index (χ1n) is 4.90. The summed E-state index contributed by atoms with van der Waals surface area (Å²) in [6.07, 6.45) is 0. The molecule has 0 heterocycles. The summed E-state index contributed by atoms with van der Waals surface area (Å²) in [5.74, 6) is 0.200. The topological polar surface area (TPSA) is 81.8 Å². The van der Waals surface area contributed by atoms with Crippen LogP contribution < -0.4 is 4.74 Å². The summed E-state index contributed by atoms with van der Waals surface area (Å²) < 4.78 is 10.8. The van der Waals surface area contributed by atoms with Crippen molar-refractivity contribution in [1.82, 2.24) is 0 Å². The van der Waals surface area contributed by atoms with Crippen LogP contribution in [-0.4, -0.2) is 36.5 Å². The van der Waals surface area contributed by atoms with E-state index in [0.29, 0.717) is 4.47 Å².